The number of aryl methyl sites for hydroxylation is 1. The molecule has 0 atom stereocenters. The van der Waals surface area contributed by atoms with Crippen LogP contribution in [-0.2, 0) is 16.1 Å². The molecule has 8 heteroatoms. The molecule has 0 aliphatic rings. The second-order valence-corrected chi connectivity index (χ2v) is 5.77. The second-order valence-electron chi connectivity index (χ2n) is 5.77. The summed E-state index contributed by atoms with van der Waals surface area (Å²) in [4.78, 5) is 29.9. The number of carbonyl (C=O) groups is 2. The largest absolute Gasteiger partial charge is 0.452 e. The van der Waals surface area contributed by atoms with E-state index in [1.54, 1.807) is 43.6 Å². The van der Waals surface area contributed by atoms with Gasteiger partial charge in [-0.05, 0) is 19.1 Å². The Labute approximate surface area is 149 Å². The van der Waals surface area contributed by atoms with Gasteiger partial charge in [-0.1, -0.05) is 18.2 Å². The van der Waals surface area contributed by atoms with Crippen LogP contribution in [0.25, 0.3) is 5.65 Å². The van der Waals surface area contributed by atoms with Crippen molar-refractivity contribution in [3.05, 3.63) is 65.4 Å². The molecule has 134 valence electrons. The highest BCUT2D eigenvalue weighted by molar-refractivity contribution is 5.98. The quantitative estimate of drug-likeness (QED) is 0.654. The van der Waals surface area contributed by atoms with Crippen LogP contribution < -0.4 is 0 Å². The van der Waals surface area contributed by atoms with Crippen molar-refractivity contribution in [1.29, 1.82) is 0 Å². The zero-order chi connectivity index (χ0) is 18.7. The van der Waals surface area contributed by atoms with Crippen LogP contribution in [0.15, 0.2) is 42.7 Å². The predicted molar refractivity (Wildman–Crippen MR) is 90.9 cm³/mol. The maximum atomic E-state index is 13.7. The Morgan fingerprint density at radius 3 is 2.81 bits per heavy atom. The molecule has 0 aliphatic heterocycles. The molecule has 1 aromatic carbocycles. The first-order valence-electron chi connectivity index (χ1n) is 7.92. The number of benzene rings is 1. The van der Waals surface area contributed by atoms with Crippen molar-refractivity contribution in [3.63, 3.8) is 0 Å². The number of likely N-dealkylation sites (N-methyl/N-ethyl adjacent to an activating group) is 1. The van der Waals surface area contributed by atoms with Crippen LogP contribution in [-0.4, -0.2) is 45.0 Å². The molecule has 0 fully saturated rings. The van der Waals surface area contributed by atoms with Crippen LogP contribution in [0.4, 0.5) is 4.39 Å². The Kier molecular flexibility index (Phi) is 4.92. The van der Waals surface area contributed by atoms with Gasteiger partial charge in [-0.2, -0.15) is 5.10 Å². The standard InChI is InChI=1S/C18H17FN4O3/c1-12-16(17-20-8-5-9-23(17)21-12)18(25)26-11-15(24)22(2)10-13-6-3-4-7-14(13)19/h3-9H,10-11H2,1-2H3. The van der Waals surface area contributed by atoms with Gasteiger partial charge in [0.25, 0.3) is 5.91 Å². The molecule has 0 spiro atoms. The molecule has 0 aliphatic carbocycles. The van der Waals surface area contributed by atoms with Gasteiger partial charge in [0.2, 0.25) is 0 Å². The first-order chi connectivity index (χ1) is 12.5. The lowest BCUT2D eigenvalue weighted by molar-refractivity contribution is -0.133. The van der Waals surface area contributed by atoms with Crippen LogP contribution in [0, 0.1) is 12.7 Å². The van der Waals surface area contributed by atoms with Crippen LogP contribution >= 0.6 is 0 Å². The van der Waals surface area contributed by atoms with Crippen molar-refractivity contribution in [1.82, 2.24) is 19.5 Å². The number of hydrogen-bond donors (Lipinski definition) is 0. The van der Waals surface area contributed by atoms with E-state index in [2.05, 4.69) is 10.1 Å². The summed E-state index contributed by atoms with van der Waals surface area (Å²) in [5.41, 5.74) is 1.43. The molecule has 0 unspecified atom stereocenters. The van der Waals surface area contributed by atoms with Gasteiger partial charge in [-0.15, -0.1) is 0 Å². The van der Waals surface area contributed by atoms with E-state index in [1.807, 2.05) is 0 Å². The molecule has 2 aromatic heterocycles. The molecule has 2 heterocycles. The van der Waals surface area contributed by atoms with E-state index in [0.717, 1.165) is 0 Å². The Balaban J connectivity index is 1.64. The van der Waals surface area contributed by atoms with E-state index in [0.29, 0.717) is 16.9 Å². The number of ether oxygens (including phenoxy) is 1. The number of halogens is 1. The van der Waals surface area contributed by atoms with Gasteiger partial charge in [-0.3, -0.25) is 4.79 Å². The lowest BCUT2D eigenvalue weighted by Gasteiger charge is -2.17. The second kappa shape index (κ2) is 7.30. The smallest absolute Gasteiger partial charge is 0.344 e. The lowest BCUT2D eigenvalue weighted by Crippen LogP contribution is -2.31. The van der Waals surface area contributed by atoms with Gasteiger partial charge in [-0.25, -0.2) is 18.7 Å². The third kappa shape index (κ3) is 3.53. The zero-order valence-corrected chi connectivity index (χ0v) is 14.3. The number of carbonyl (C=O) groups excluding carboxylic acids is 2. The van der Waals surface area contributed by atoms with Crippen molar-refractivity contribution < 1.29 is 18.7 Å². The van der Waals surface area contributed by atoms with E-state index in [4.69, 9.17) is 4.74 Å². The first kappa shape index (κ1) is 17.5. The molecule has 0 saturated heterocycles. The molecular weight excluding hydrogens is 339 g/mol. The Morgan fingerprint density at radius 2 is 2.04 bits per heavy atom. The molecule has 0 saturated carbocycles. The summed E-state index contributed by atoms with van der Waals surface area (Å²) in [5, 5.41) is 4.18. The summed E-state index contributed by atoms with van der Waals surface area (Å²) >= 11 is 0. The lowest BCUT2D eigenvalue weighted by atomic mass is 10.2. The van der Waals surface area contributed by atoms with Crippen molar-refractivity contribution in [2.75, 3.05) is 13.7 Å². The molecule has 0 bridgehead atoms. The summed E-state index contributed by atoms with van der Waals surface area (Å²) < 4.78 is 20.2. The third-order valence-electron chi connectivity index (χ3n) is 3.89. The monoisotopic (exact) mass is 356 g/mol. The maximum absolute atomic E-state index is 13.7. The number of amides is 1. The zero-order valence-electron chi connectivity index (χ0n) is 14.3. The fourth-order valence-corrected chi connectivity index (χ4v) is 2.52. The molecule has 3 aromatic rings. The minimum absolute atomic E-state index is 0.0837. The molecule has 26 heavy (non-hydrogen) atoms. The van der Waals surface area contributed by atoms with E-state index < -0.39 is 24.3 Å². The summed E-state index contributed by atoms with van der Waals surface area (Å²) in [5.74, 6) is -1.51. The van der Waals surface area contributed by atoms with E-state index in [9.17, 15) is 14.0 Å². The van der Waals surface area contributed by atoms with Gasteiger partial charge in [0.05, 0.1) is 5.69 Å². The number of aromatic nitrogens is 3. The number of nitrogens with zero attached hydrogens (tertiary/aromatic N) is 4. The SMILES string of the molecule is Cc1nn2cccnc2c1C(=O)OCC(=O)N(C)Cc1ccccc1F. The fraction of sp³-hybridized carbons (Fsp3) is 0.222. The van der Waals surface area contributed by atoms with E-state index in [-0.39, 0.29) is 12.1 Å². The molecule has 1 amide bonds. The Morgan fingerprint density at radius 1 is 1.27 bits per heavy atom. The summed E-state index contributed by atoms with van der Waals surface area (Å²) in [7, 11) is 1.52. The van der Waals surface area contributed by atoms with E-state index >= 15 is 0 Å². The minimum atomic E-state index is -0.677. The van der Waals surface area contributed by atoms with Gasteiger partial charge >= 0.3 is 5.97 Å². The van der Waals surface area contributed by atoms with Crippen LogP contribution in [0.2, 0.25) is 0 Å². The highest BCUT2D eigenvalue weighted by atomic mass is 19.1. The first-order valence-corrected chi connectivity index (χ1v) is 7.92. The highest BCUT2D eigenvalue weighted by Gasteiger charge is 2.21. The van der Waals surface area contributed by atoms with E-state index in [1.165, 1.54) is 22.5 Å². The van der Waals surface area contributed by atoms with Crippen molar-refractivity contribution >= 4 is 17.5 Å². The predicted octanol–water partition coefficient (Wildman–Crippen LogP) is 1.99. The summed E-state index contributed by atoms with van der Waals surface area (Å²) in [6, 6.07) is 7.89. The minimum Gasteiger partial charge on any atom is -0.452 e. The highest BCUT2D eigenvalue weighted by Crippen LogP contribution is 2.14. The van der Waals surface area contributed by atoms with Crippen LogP contribution in [0.5, 0.6) is 0 Å². The number of fused-ring (bicyclic) bond motifs is 1. The Hall–Kier alpha value is -3.29. The fourth-order valence-electron chi connectivity index (χ4n) is 2.52. The van der Waals surface area contributed by atoms with Crippen LogP contribution in [0.3, 0.4) is 0 Å². The average Bonchev–Trinajstić information content (AvgIpc) is 2.97. The molecule has 0 N–H and O–H groups in total. The number of rotatable bonds is 5. The normalized spacial score (nSPS) is 10.7. The average molecular weight is 356 g/mol. The van der Waals surface area contributed by atoms with Gasteiger partial charge < -0.3 is 9.64 Å². The summed E-state index contributed by atoms with van der Waals surface area (Å²) in [6.45, 7) is 1.30. The number of hydrogen-bond acceptors (Lipinski definition) is 5. The van der Waals surface area contributed by atoms with Gasteiger partial charge in [0, 0.05) is 31.5 Å². The van der Waals surface area contributed by atoms with Crippen molar-refractivity contribution in [3.8, 4) is 0 Å². The van der Waals surface area contributed by atoms with Gasteiger partial charge in [0.15, 0.2) is 12.3 Å². The molecular formula is C18H17FN4O3. The van der Waals surface area contributed by atoms with Crippen LogP contribution in [0.1, 0.15) is 21.6 Å². The maximum Gasteiger partial charge on any atom is 0.344 e. The molecule has 0 radical (unpaired) electrons. The summed E-state index contributed by atoms with van der Waals surface area (Å²) in [6.07, 6.45) is 3.21. The Bertz CT molecular complexity index is 970. The third-order valence-corrected chi connectivity index (χ3v) is 3.89. The molecule has 3 rings (SSSR count). The number of esters is 1. The van der Waals surface area contributed by atoms with Crippen molar-refractivity contribution in [2.24, 2.45) is 0 Å². The van der Waals surface area contributed by atoms with Crippen molar-refractivity contribution in [2.45, 2.75) is 13.5 Å². The molecule has 7 nitrogen and oxygen atoms in total. The topological polar surface area (TPSA) is 76.8 Å². The van der Waals surface area contributed by atoms with Gasteiger partial charge in [0.1, 0.15) is 11.4 Å².